The molecule has 1 aliphatic carbocycles. The maximum atomic E-state index is 12.9. The van der Waals surface area contributed by atoms with Crippen molar-refractivity contribution < 1.29 is 32.3 Å². The number of rotatable bonds is 11. The molecule has 37 heavy (non-hydrogen) atoms. The Hall–Kier alpha value is -0.985. The van der Waals surface area contributed by atoms with E-state index in [-0.39, 0.29) is 71.8 Å². The van der Waals surface area contributed by atoms with Gasteiger partial charge in [0.05, 0.1) is 30.5 Å². The van der Waals surface area contributed by atoms with Gasteiger partial charge in [0, 0.05) is 36.0 Å². The van der Waals surface area contributed by atoms with Gasteiger partial charge in [-0.2, -0.15) is 3.89 Å². The van der Waals surface area contributed by atoms with Crippen LogP contribution in [0.5, 0.6) is 0 Å². The molecule has 4 fully saturated rings. The average Bonchev–Trinajstić information content (AvgIpc) is 3.77. The summed E-state index contributed by atoms with van der Waals surface area (Å²) in [6.45, 7) is 6.74. The molecule has 0 aromatic carbocycles. The Morgan fingerprint density at radius 2 is 1.84 bits per heavy atom. The van der Waals surface area contributed by atoms with E-state index in [9.17, 15) is 13.5 Å². The molecule has 1 spiro atoms. The molecule has 1 saturated carbocycles. The first-order valence-corrected chi connectivity index (χ1v) is 15.2. The number of carbonyl (C=O) groups excluding carboxylic acids is 2. The Kier molecular flexibility index (Phi) is 9.77. The molecule has 4 rings (SSSR count). The van der Waals surface area contributed by atoms with Crippen LogP contribution in [0.2, 0.25) is 5.82 Å². The zero-order chi connectivity index (χ0) is 26.6. The molecule has 0 aromatic heterocycles. The molecule has 13 heteroatoms. The number of carbonyl (C=O) groups is 2. The van der Waals surface area contributed by atoms with E-state index in [1.165, 1.54) is 5.57 Å². The van der Waals surface area contributed by atoms with Crippen molar-refractivity contribution in [2.45, 2.75) is 107 Å². The van der Waals surface area contributed by atoms with E-state index in [4.69, 9.17) is 18.9 Å². The van der Waals surface area contributed by atoms with Gasteiger partial charge >= 0.3 is 13.0 Å². The molecule has 0 bridgehead atoms. The molecule has 3 heterocycles. The first kappa shape index (κ1) is 29.0. The van der Waals surface area contributed by atoms with Crippen LogP contribution in [0.4, 0.5) is 8.68 Å². The Balaban J connectivity index is 1.26. The molecule has 4 aliphatic rings. The van der Waals surface area contributed by atoms with E-state index in [0.717, 1.165) is 49.5 Å². The number of ether oxygens (including phenoxy) is 3. The Bertz CT molecular complexity index is 856. The molecule has 2 amide bonds. The predicted octanol–water partition coefficient (Wildman–Crippen LogP) is 3.90. The van der Waals surface area contributed by atoms with Crippen LogP contribution in [-0.4, -0.2) is 74.6 Å². The second-order valence-corrected chi connectivity index (χ2v) is 12.5. The lowest BCUT2D eigenvalue weighted by molar-refractivity contribution is -0.120. The highest BCUT2D eigenvalue weighted by Crippen LogP contribution is 2.62. The molecule has 0 radical (unpaired) electrons. The molecule has 3 aliphatic heterocycles. The summed E-state index contributed by atoms with van der Waals surface area (Å²) in [5.74, 6) is -0.175. The standard InChI is InChI=1S/C24H39BFN3O6S2/c1-15(2)5-10-18-23(3,35-18)21-24(14-33-24)12-11-19(25(21)32-4)34-22(31)29-17-8-6-16(7-9-17)28-20(30)13-27-37-36-26/h5,16-19,21,27H,6-14H2,1-4H3,(H,28,30)(H,29,31)/t16?,17?,18-,19?,21?,23-,24?/m1/s1. The van der Waals surface area contributed by atoms with E-state index < -0.39 is 6.09 Å². The minimum absolute atomic E-state index is 0.00602. The van der Waals surface area contributed by atoms with Crippen molar-refractivity contribution >= 4 is 41.1 Å². The largest absolute Gasteiger partial charge is 0.452 e. The van der Waals surface area contributed by atoms with E-state index in [1.54, 1.807) is 7.11 Å². The van der Waals surface area contributed by atoms with Gasteiger partial charge in [-0.3, -0.25) is 4.79 Å². The van der Waals surface area contributed by atoms with Gasteiger partial charge in [0.2, 0.25) is 5.91 Å². The number of alkyl carbamates (subject to hydrolysis) is 1. The zero-order valence-electron chi connectivity index (χ0n) is 22.0. The van der Waals surface area contributed by atoms with E-state index in [1.807, 2.05) is 0 Å². The highest BCUT2D eigenvalue weighted by Gasteiger charge is 2.73. The summed E-state index contributed by atoms with van der Waals surface area (Å²) < 4.78 is 38.8. The number of allylic oxidation sites excluding steroid dienone is 1. The highest BCUT2D eigenvalue weighted by atomic mass is 33.1. The first-order valence-electron chi connectivity index (χ1n) is 13.1. The molecular weight excluding hydrogens is 520 g/mol. The smallest absolute Gasteiger partial charge is 0.406 e. The lowest BCUT2D eigenvalue weighted by Gasteiger charge is -2.40. The summed E-state index contributed by atoms with van der Waals surface area (Å²) in [6.07, 6.45) is 7.23. The number of hydrogen-bond acceptors (Lipinski definition) is 9. The molecule has 3 unspecified atom stereocenters. The van der Waals surface area contributed by atoms with Gasteiger partial charge in [-0.1, -0.05) is 11.6 Å². The third kappa shape index (κ3) is 7.16. The molecule has 5 atom stereocenters. The van der Waals surface area contributed by atoms with Crippen molar-refractivity contribution in [2.24, 2.45) is 0 Å². The maximum absolute atomic E-state index is 12.9. The van der Waals surface area contributed by atoms with E-state index in [2.05, 4.69) is 42.2 Å². The highest BCUT2D eigenvalue weighted by molar-refractivity contribution is 8.74. The topological polar surface area (TPSA) is 114 Å². The van der Waals surface area contributed by atoms with Gasteiger partial charge in [-0.25, -0.2) is 9.52 Å². The van der Waals surface area contributed by atoms with Crippen LogP contribution in [0, 0.1) is 0 Å². The van der Waals surface area contributed by atoms with Crippen molar-refractivity contribution in [3.63, 3.8) is 0 Å². The van der Waals surface area contributed by atoms with Crippen LogP contribution in [0.3, 0.4) is 0 Å². The van der Waals surface area contributed by atoms with Crippen molar-refractivity contribution in [1.82, 2.24) is 15.4 Å². The van der Waals surface area contributed by atoms with Crippen LogP contribution in [0.15, 0.2) is 11.6 Å². The van der Waals surface area contributed by atoms with Crippen molar-refractivity contribution in [3.05, 3.63) is 11.6 Å². The van der Waals surface area contributed by atoms with Crippen LogP contribution in [0.1, 0.15) is 65.7 Å². The third-order valence-corrected chi connectivity index (χ3v) is 9.10. The molecule has 0 aromatic rings. The summed E-state index contributed by atoms with van der Waals surface area (Å²) >= 11 is 0.0705. The minimum Gasteiger partial charge on any atom is -0.452 e. The van der Waals surface area contributed by atoms with Gasteiger partial charge in [-0.05, 0) is 65.7 Å². The molecule has 208 valence electrons. The van der Waals surface area contributed by atoms with Crippen molar-refractivity contribution in [2.75, 3.05) is 20.3 Å². The molecule has 9 nitrogen and oxygen atoms in total. The average molecular weight is 560 g/mol. The quantitative estimate of drug-likeness (QED) is 0.0866. The SMILES string of the molecule is COB1C(OC(=O)NC2CCC(NC(=O)CNSSF)CC2)CCC2(CO2)C1[C@]1(C)O[C@@H]1CC=C(C)C. The monoisotopic (exact) mass is 559 g/mol. The van der Waals surface area contributed by atoms with Gasteiger partial charge in [-0.15, -0.1) is 0 Å². The Labute approximate surface area is 227 Å². The van der Waals surface area contributed by atoms with Crippen LogP contribution in [0.25, 0.3) is 0 Å². The fourth-order valence-corrected chi connectivity index (χ4v) is 6.73. The van der Waals surface area contributed by atoms with Crippen LogP contribution in [-0.2, 0) is 23.7 Å². The lowest BCUT2D eigenvalue weighted by Crippen LogP contribution is -2.56. The Morgan fingerprint density at radius 3 is 2.43 bits per heavy atom. The minimum atomic E-state index is -0.432. The van der Waals surface area contributed by atoms with Gasteiger partial charge < -0.3 is 29.5 Å². The third-order valence-electron chi connectivity index (χ3n) is 8.23. The summed E-state index contributed by atoms with van der Waals surface area (Å²) in [6, 6.07) is -0.330. The predicted molar refractivity (Wildman–Crippen MR) is 144 cm³/mol. The maximum Gasteiger partial charge on any atom is 0.406 e. The van der Waals surface area contributed by atoms with E-state index >= 15 is 0 Å². The summed E-state index contributed by atoms with van der Waals surface area (Å²) in [4.78, 5) is 24.8. The Morgan fingerprint density at radius 1 is 1.16 bits per heavy atom. The molecular formula is C24H39BFN3O6S2. The summed E-state index contributed by atoms with van der Waals surface area (Å²) in [7, 11) is 2.46. The number of epoxide rings is 2. The molecule has 3 saturated heterocycles. The number of halogens is 1. The fraction of sp³-hybridized carbons (Fsp3) is 0.833. The number of nitrogens with one attached hydrogen (secondary N) is 3. The fourth-order valence-electron chi connectivity index (χ4n) is 6.19. The molecule has 3 N–H and O–H groups in total. The van der Waals surface area contributed by atoms with Gasteiger partial charge in [0.15, 0.2) is 0 Å². The van der Waals surface area contributed by atoms with Crippen molar-refractivity contribution in [1.29, 1.82) is 0 Å². The zero-order valence-corrected chi connectivity index (χ0v) is 23.7. The summed E-state index contributed by atoms with van der Waals surface area (Å²) in [5.41, 5.74) is 0.636. The lowest BCUT2D eigenvalue weighted by atomic mass is 9.39. The van der Waals surface area contributed by atoms with E-state index in [0.29, 0.717) is 13.0 Å². The van der Waals surface area contributed by atoms with Crippen molar-refractivity contribution in [3.8, 4) is 0 Å². The number of amides is 2. The second-order valence-electron chi connectivity index (χ2n) is 11.0. The first-order chi connectivity index (χ1) is 17.7. The van der Waals surface area contributed by atoms with Crippen LogP contribution >= 0.6 is 22.2 Å². The summed E-state index contributed by atoms with van der Waals surface area (Å²) in [5, 5.41) is 5.97. The second kappa shape index (κ2) is 12.5. The van der Waals surface area contributed by atoms with Gasteiger partial charge in [0.25, 0.3) is 0 Å². The van der Waals surface area contributed by atoms with Gasteiger partial charge in [0.1, 0.15) is 17.2 Å². The normalized spacial score (nSPS) is 36.6. The van der Waals surface area contributed by atoms with Crippen LogP contribution < -0.4 is 15.4 Å². The number of hydrogen-bond donors (Lipinski definition) is 3.